The van der Waals surface area contributed by atoms with Crippen LogP contribution in [0.4, 0.5) is 14.5 Å². The van der Waals surface area contributed by atoms with E-state index >= 15 is 0 Å². The first kappa shape index (κ1) is 25.0. The maximum atomic E-state index is 14.3. The molecule has 1 N–H and O–H groups in total. The topological polar surface area (TPSA) is 90.8 Å². The number of para-hydroxylation sites is 1. The number of fused-ring (bicyclic) bond motifs is 4. The van der Waals surface area contributed by atoms with Crippen molar-refractivity contribution < 1.29 is 23.2 Å². The van der Waals surface area contributed by atoms with Gasteiger partial charge in [0.25, 0.3) is 11.8 Å². The molecule has 38 heavy (non-hydrogen) atoms. The largest absolute Gasteiger partial charge is 0.356 e. The lowest BCUT2D eigenvalue weighted by Gasteiger charge is -2.37. The molecule has 0 unspecified atom stereocenters. The number of carbonyl (C=O) groups excluding carboxylic acids is 3. The Morgan fingerprint density at radius 3 is 2.68 bits per heavy atom. The highest BCUT2D eigenvalue weighted by Gasteiger charge is 2.67. The molecule has 4 aliphatic rings. The molecule has 0 saturated carbocycles. The van der Waals surface area contributed by atoms with Crippen LogP contribution in [0.1, 0.15) is 60.4 Å². The summed E-state index contributed by atoms with van der Waals surface area (Å²) >= 11 is 0. The zero-order valence-corrected chi connectivity index (χ0v) is 21.4. The van der Waals surface area contributed by atoms with Crippen LogP contribution in [0.15, 0.2) is 30.3 Å². The number of benzene rings is 1. The van der Waals surface area contributed by atoms with Crippen LogP contribution in [0, 0.1) is 12.8 Å². The van der Waals surface area contributed by atoms with Gasteiger partial charge in [0.05, 0.1) is 5.92 Å². The van der Waals surface area contributed by atoms with Crippen molar-refractivity contribution in [3.63, 3.8) is 0 Å². The minimum Gasteiger partial charge on any atom is -0.356 e. The molecule has 2 bridgehead atoms. The fourth-order valence-electron chi connectivity index (χ4n) is 7.07. The van der Waals surface area contributed by atoms with E-state index in [-0.39, 0.29) is 29.2 Å². The lowest BCUT2D eigenvalue weighted by Crippen LogP contribution is -2.56. The summed E-state index contributed by atoms with van der Waals surface area (Å²) in [6, 6.07) is 9.34. The van der Waals surface area contributed by atoms with Crippen LogP contribution in [-0.4, -0.2) is 76.1 Å². The van der Waals surface area contributed by atoms with Crippen LogP contribution in [0.2, 0.25) is 0 Å². The van der Waals surface area contributed by atoms with Crippen molar-refractivity contribution in [3.05, 3.63) is 47.3 Å². The Labute approximate surface area is 219 Å². The summed E-state index contributed by atoms with van der Waals surface area (Å²) in [5, 5.41) is 6.87. The maximum absolute atomic E-state index is 14.3. The van der Waals surface area contributed by atoms with Gasteiger partial charge in [0.1, 0.15) is 5.54 Å². The monoisotopic (exact) mass is 526 g/mol. The molecule has 6 rings (SSSR count). The number of rotatable bonds is 2. The summed E-state index contributed by atoms with van der Waals surface area (Å²) in [6.45, 7) is 0.860. The van der Waals surface area contributed by atoms with Crippen molar-refractivity contribution in [2.75, 3.05) is 37.6 Å². The highest BCUT2D eigenvalue weighted by atomic mass is 19.3. The second kappa shape index (κ2) is 9.44. The SMILES string of the molecule is Cc1cc(C(=O)N2CCCNC(=O)[C@H]3C[C@@H]4CCCN4[C@@]34C(=O)N(CCC2)c2ccccc24)nn1C(F)F. The molecule has 4 aliphatic heterocycles. The van der Waals surface area contributed by atoms with Crippen molar-refractivity contribution in [2.24, 2.45) is 5.92 Å². The molecule has 0 radical (unpaired) electrons. The van der Waals surface area contributed by atoms with E-state index in [1.165, 1.54) is 13.0 Å². The quantitative estimate of drug-likeness (QED) is 0.650. The lowest BCUT2D eigenvalue weighted by molar-refractivity contribution is -0.138. The minimum atomic E-state index is -2.83. The number of hydrogen-bond acceptors (Lipinski definition) is 5. The number of alkyl halides is 2. The van der Waals surface area contributed by atoms with Crippen LogP contribution in [-0.2, 0) is 15.1 Å². The maximum Gasteiger partial charge on any atom is 0.333 e. The third-order valence-corrected chi connectivity index (χ3v) is 8.66. The molecule has 202 valence electrons. The molecule has 1 spiro atoms. The number of nitrogens with zero attached hydrogens (tertiary/aromatic N) is 5. The van der Waals surface area contributed by atoms with Gasteiger partial charge in [-0.15, -0.1) is 0 Å². The number of nitrogens with one attached hydrogen (secondary N) is 1. The fourth-order valence-corrected chi connectivity index (χ4v) is 7.07. The molecule has 3 saturated heterocycles. The van der Waals surface area contributed by atoms with Gasteiger partial charge in [-0.25, -0.2) is 4.68 Å². The Morgan fingerprint density at radius 2 is 1.89 bits per heavy atom. The van der Waals surface area contributed by atoms with E-state index in [9.17, 15) is 23.2 Å². The van der Waals surface area contributed by atoms with E-state index < -0.39 is 23.9 Å². The Hall–Kier alpha value is -3.34. The van der Waals surface area contributed by atoms with Crippen LogP contribution >= 0.6 is 0 Å². The first-order chi connectivity index (χ1) is 18.3. The van der Waals surface area contributed by atoms with Gasteiger partial charge in [-0.2, -0.15) is 13.9 Å². The number of hydrogen-bond donors (Lipinski definition) is 1. The summed E-state index contributed by atoms with van der Waals surface area (Å²) in [5.41, 5.74) is 0.895. The molecule has 11 heteroatoms. The molecule has 3 amide bonds. The Kier molecular flexibility index (Phi) is 6.20. The second-order valence-electron chi connectivity index (χ2n) is 10.7. The summed E-state index contributed by atoms with van der Waals surface area (Å²) in [5.74, 6) is -1.11. The third kappa shape index (κ3) is 3.65. The normalized spacial score (nSPS) is 27.9. The van der Waals surface area contributed by atoms with E-state index in [4.69, 9.17) is 0 Å². The molecule has 1 aromatic heterocycles. The number of amides is 3. The van der Waals surface area contributed by atoms with Gasteiger partial charge in [0.15, 0.2) is 5.69 Å². The first-order valence-electron chi connectivity index (χ1n) is 13.4. The van der Waals surface area contributed by atoms with E-state index in [1.54, 1.807) is 9.80 Å². The number of aryl methyl sites for hydroxylation is 1. The number of anilines is 1. The summed E-state index contributed by atoms with van der Waals surface area (Å²) in [6.07, 6.45) is 3.66. The molecule has 2 aromatic rings. The van der Waals surface area contributed by atoms with Crippen LogP contribution in [0.3, 0.4) is 0 Å². The molecule has 3 atom stereocenters. The average Bonchev–Trinajstić information content (AvgIpc) is 3.64. The smallest absolute Gasteiger partial charge is 0.333 e. The fraction of sp³-hybridized carbons (Fsp3) is 0.556. The van der Waals surface area contributed by atoms with Crippen molar-refractivity contribution in [2.45, 2.75) is 57.2 Å². The summed E-state index contributed by atoms with van der Waals surface area (Å²) in [4.78, 5) is 46.9. The highest BCUT2D eigenvalue weighted by Crippen LogP contribution is 2.57. The standard InChI is InChI=1S/C27H32F2N6O3/c1-17-15-21(31-35(17)26(28)29)24(37)32-11-5-10-30-23(36)20-16-18-7-4-14-34(18)27(20)19-8-2-3-9-22(19)33(25(27)38)13-6-12-32/h2-3,8-9,15,18,20,26H,4-7,10-14,16H2,1H3,(H,30,36)/t18-,20+,27+/m0/s1. The van der Waals surface area contributed by atoms with Gasteiger partial charge in [-0.3, -0.25) is 19.3 Å². The average molecular weight is 527 g/mol. The van der Waals surface area contributed by atoms with Crippen molar-refractivity contribution in [1.82, 2.24) is 24.9 Å². The molecular formula is C27H32F2N6O3. The number of carbonyl (C=O) groups is 3. The van der Waals surface area contributed by atoms with Crippen LogP contribution in [0.5, 0.6) is 0 Å². The van der Waals surface area contributed by atoms with Gasteiger partial charge < -0.3 is 15.1 Å². The van der Waals surface area contributed by atoms with Gasteiger partial charge in [-0.1, -0.05) is 18.2 Å². The molecule has 3 fully saturated rings. The van der Waals surface area contributed by atoms with Crippen LogP contribution in [0.25, 0.3) is 0 Å². The predicted octanol–water partition coefficient (Wildman–Crippen LogP) is 2.67. The number of aromatic nitrogens is 2. The molecule has 1 aromatic carbocycles. The zero-order valence-electron chi connectivity index (χ0n) is 21.4. The Bertz CT molecular complexity index is 1280. The van der Waals surface area contributed by atoms with Gasteiger partial charge in [-0.05, 0) is 57.7 Å². The lowest BCUT2D eigenvalue weighted by atomic mass is 9.78. The zero-order chi connectivity index (χ0) is 26.6. The van der Waals surface area contributed by atoms with Crippen molar-refractivity contribution in [3.8, 4) is 0 Å². The molecule has 0 aliphatic carbocycles. The van der Waals surface area contributed by atoms with Crippen molar-refractivity contribution >= 4 is 23.4 Å². The predicted molar refractivity (Wildman–Crippen MR) is 135 cm³/mol. The van der Waals surface area contributed by atoms with Gasteiger partial charge >= 0.3 is 6.55 Å². The van der Waals surface area contributed by atoms with Gasteiger partial charge in [0, 0.05) is 49.2 Å². The first-order valence-corrected chi connectivity index (χ1v) is 13.4. The second-order valence-corrected chi connectivity index (χ2v) is 10.7. The van der Waals surface area contributed by atoms with Crippen molar-refractivity contribution in [1.29, 1.82) is 0 Å². The Balaban J connectivity index is 1.32. The van der Waals surface area contributed by atoms with Gasteiger partial charge in [0.2, 0.25) is 5.91 Å². The molecular weight excluding hydrogens is 494 g/mol. The summed E-state index contributed by atoms with van der Waals surface area (Å²) < 4.78 is 27.0. The molecule has 9 nitrogen and oxygen atoms in total. The third-order valence-electron chi connectivity index (χ3n) is 8.66. The van der Waals surface area contributed by atoms with E-state index in [1.807, 2.05) is 24.3 Å². The number of halogens is 2. The summed E-state index contributed by atoms with van der Waals surface area (Å²) in [7, 11) is 0. The van der Waals surface area contributed by atoms with Crippen LogP contribution < -0.4 is 10.2 Å². The minimum absolute atomic E-state index is 0.0349. The van der Waals surface area contributed by atoms with E-state index in [2.05, 4.69) is 15.3 Å². The Morgan fingerprint density at radius 1 is 1.11 bits per heavy atom. The highest BCUT2D eigenvalue weighted by molar-refractivity contribution is 6.11. The molecule has 5 heterocycles. The van der Waals surface area contributed by atoms with E-state index in [0.717, 1.165) is 30.6 Å². The van der Waals surface area contributed by atoms with E-state index in [0.29, 0.717) is 50.1 Å².